The zero-order valence-electron chi connectivity index (χ0n) is 30.8. The minimum atomic E-state index is -0.824. The maximum absolute atomic E-state index is 14.0. The lowest BCUT2D eigenvalue weighted by molar-refractivity contribution is 0.0733. The van der Waals surface area contributed by atoms with Crippen LogP contribution in [0, 0.1) is 0 Å². The molecule has 0 aliphatic carbocycles. The number of esters is 3. The number of nitrogens with zero attached hydrogens (tertiary/aromatic N) is 3. The zero-order chi connectivity index (χ0) is 41.1. The Labute approximate surface area is 365 Å². The largest absolute Gasteiger partial charge is 0.422 e. The third-order valence-electron chi connectivity index (χ3n) is 10.3. The van der Waals surface area contributed by atoms with Crippen molar-refractivity contribution in [1.29, 1.82) is 0 Å². The molecule has 10 aromatic rings. The van der Waals surface area contributed by atoms with Gasteiger partial charge in [-0.15, -0.1) is 0 Å². The van der Waals surface area contributed by atoms with Crippen LogP contribution in [-0.4, -0.2) is 32.9 Å². The predicted octanol–water partition coefficient (Wildman–Crippen LogP) is 12.7. The fraction of sp³-hybridized carbons (Fsp3) is 0. The lowest BCUT2D eigenvalue weighted by atomic mass is 10.0. The minimum Gasteiger partial charge on any atom is -0.422 e. The number of halogens is 3. The molecule has 60 heavy (non-hydrogen) atoms. The van der Waals surface area contributed by atoms with Gasteiger partial charge in [0.1, 0.15) is 17.2 Å². The summed E-state index contributed by atoms with van der Waals surface area (Å²) in [6.07, 6.45) is 5.17. The number of carbonyl (C=O) groups is 3. The Hall–Kier alpha value is -6.60. The number of hydrogen-bond acceptors (Lipinski definition) is 9. The molecule has 3 heterocycles. The molecule has 0 atom stereocenters. The van der Waals surface area contributed by atoms with Crippen LogP contribution in [0.15, 0.2) is 159 Å². The van der Waals surface area contributed by atoms with Gasteiger partial charge in [0.2, 0.25) is 0 Å². The normalized spacial score (nSPS) is 11.4. The first-order valence-electron chi connectivity index (χ1n) is 18.4. The number of fused-ring (bicyclic) bond motifs is 9. The number of carbonyl (C=O) groups excluding carboxylic acids is 3. The summed E-state index contributed by atoms with van der Waals surface area (Å²) in [5.41, 5.74) is 2.13. The van der Waals surface area contributed by atoms with Crippen LogP contribution in [0.2, 0.25) is 0 Å². The molecule has 10 rings (SSSR count). The first-order chi connectivity index (χ1) is 29.2. The molecule has 0 fully saturated rings. The van der Waals surface area contributed by atoms with Gasteiger partial charge in [0, 0.05) is 67.1 Å². The van der Waals surface area contributed by atoms with E-state index >= 15 is 0 Å². The molecule has 3 aromatic heterocycles. The second-order valence-corrected chi connectivity index (χ2v) is 16.2. The van der Waals surface area contributed by atoms with Crippen LogP contribution >= 0.6 is 47.8 Å². The van der Waals surface area contributed by atoms with Crippen molar-refractivity contribution in [2.24, 2.45) is 0 Å². The van der Waals surface area contributed by atoms with Gasteiger partial charge in [-0.05, 0) is 121 Å². The smallest absolute Gasteiger partial charge is 0.343 e. The number of pyridine rings is 3. The van der Waals surface area contributed by atoms with Crippen molar-refractivity contribution < 1.29 is 28.6 Å². The van der Waals surface area contributed by atoms with Gasteiger partial charge in [-0.25, -0.2) is 14.4 Å². The molecule has 0 spiro atoms. The van der Waals surface area contributed by atoms with Crippen molar-refractivity contribution in [3.05, 3.63) is 176 Å². The van der Waals surface area contributed by atoms with Crippen molar-refractivity contribution in [1.82, 2.24) is 15.0 Å². The van der Waals surface area contributed by atoms with Gasteiger partial charge in [-0.1, -0.05) is 54.6 Å². The number of ether oxygens (including phenoxy) is 3. The van der Waals surface area contributed by atoms with Gasteiger partial charge >= 0.3 is 17.9 Å². The van der Waals surface area contributed by atoms with Gasteiger partial charge in [-0.3, -0.25) is 15.0 Å². The number of aromatic nitrogens is 3. The van der Waals surface area contributed by atoms with E-state index in [0.717, 1.165) is 65.0 Å². The Morgan fingerprint density at radius 1 is 0.367 bits per heavy atom. The molecule has 0 saturated carbocycles. The second kappa shape index (κ2) is 15.2. The highest BCUT2D eigenvalue weighted by Crippen LogP contribution is 2.39. The Kier molecular flexibility index (Phi) is 9.55. The maximum Gasteiger partial charge on any atom is 0.343 e. The van der Waals surface area contributed by atoms with Gasteiger partial charge in [-0.2, -0.15) is 0 Å². The molecule has 0 amide bonds. The number of hydrogen-bond donors (Lipinski definition) is 0. The third-order valence-corrected chi connectivity index (χ3v) is 12.7. The van der Waals surface area contributed by atoms with E-state index in [1.807, 2.05) is 91.0 Å². The van der Waals surface area contributed by atoms with E-state index in [1.165, 1.54) is 18.2 Å². The number of benzene rings is 7. The van der Waals surface area contributed by atoms with Crippen molar-refractivity contribution in [2.45, 2.75) is 0 Å². The molecule has 12 heteroatoms. The van der Waals surface area contributed by atoms with Crippen LogP contribution in [0.1, 0.15) is 31.1 Å². The average molecular weight is 978 g/mol. The maximum atomic E-state index is 14.0. The first-order valence-corrected chi connectivity index (χ1v) is 20.8. The predicted molar refractivity (Wildman–Crippen MR) is 242 cm³/mol. The molecule has 7 aromatic carbocycles. The van der Waals surface area contributed by atoms with Crippen molar-refractivity contribution >= 4 is 131 Å². The van der Waals surface area contributed by atoms with Crippen molar-refractivity contribution in [3.8, 4) is 17.2 Å². The van der Waals surface area contributed by atoms with E-state index in [0.29, 0.717) is 13.4 Å². The molecule has 0 aliphatic heterocycles. The molecule has 0 aliphatic rings. The van der Waals surface area contributed by atoms with E-state index in [9.17, 15) is 14.4 Å². The highest BCUT2D eigenvalue weighted by molar-refractivity contribution is 9.11. The topological polar surface area (TPSA) is 118 Å². The van der Waals surface area contributed by atoms with E-state index in [2.05, 4.69) is 62.7 Å². The Morgan fingerprint density at radius 2 is 0.650 bits per heavy atom. The highest BCUT2D eigenvalue weighted by atomic mass is 79.9. The molecule has 288 valence electrons. The zero-order valence-corrected chi connectivity index (χ0v) is 35.5. The van der Waals surface area contributed by atoms with Crippen LogP contribution < -0.4 is 14.2 Å². The van der Waals surface area contributed by atoms with Crippen molar-refractivity contribution in [2.75, 3.05) is 0 Å². The highest BCUT2D eigenvalue weighted by Gasteiger charge is 2.23. The van der Waals surface area contributed by atoms with Crippen LogP contribution in [0.25, 0.3) is 65.0 Å². The fourth-order valence-electron chi connectivity index (χ4n) is 7.37. The summed E-state index contributed by atoms with van der Waals surface area (Å²) in [7, 11) is 0. The molecule has 0 saturated heterocycles. The second-order valence-electron chi connectivity index (χ2n) is 13.8. The lowest BCUT2D eigenvalue weighted by Gasteiger charge is -2.14. The summed E-state index contributed by atoms with van der Waals surface area (Å²) in [6.45, 7) is 0. The lowest BCUT2D eigenvalue weighted by Crippen LogP contribution is -2.17. The Balaban J connectivity index is 1.01. The summed E-state index contributed by atoms with van der Waals surface area (Å²) in [6, 6.07) is 37.5. The monoisotopic (exact) mass is 975 g/mol. The van der Waals surface area contributed by atoms with Crippen LogP contribution in [-0.2, 0) is 0 Å². The van der Waals surface area contributed by atoms with Gasteiger partial charge < -0.3 is 14.2 Å². The molecule has 0 unspecified atom stereocenters. The SMILES string of the molecule is O=C(Oc1ccc2c(ccc3cccnc32)c1Br)c1cc(C(=O)Oc2ccc3c(ccc4cccnc43)c2Br)cc(C(=O)Oc2ccc3c(ccc4cccnc43)c2Br)c1. The summed E-state index contributed by atoms with van der Waals surface area (Å²) in [4.78, 5) is 55.6. The molecule has 0 radical (unpaired) electrons. The standard InChI is InChI=1S/C48H24Br3N3O6/c49-40-31-10-7-25-4-1-19-52-43(25)34(31)13-16-37(40)58-46(55)28-22-29(47(56)59-38-17-14-35-32(41(38)50)11-8-26-5-2-20-53-44(26)35)24-30(23-28)48(57)60-39-18-15-36-33(42(39)51)12-9-27-6-3-21-54-45(27)36/h1-24H. The quantitative estimate of drug-likeness (QED) is 0.0912. The third kappa shape index (κ3) is 6.62. The fourth-order valence-corrected chi connectivity index (χ4v) is 9.05. The minimum absolute atomic E-state index is 0.0891. The summed E-state index contributed by atoms with van der Waals surface area (Å²) in [5, 5.41) is 7.83. The van der Waals surface area contributed by atoms with E-state index < -0.39 is 17.9 Å². The Morgan fingerprint density at radius 3 is 0.950 bits per heavy atom. The molecular formula is C48H24Br3N3O6. The van der Waals surface area contributed by atoms with E-state index in [1.54, 1.807) is 36.8 Å². The van der Waals surface area contributed by atoms with E-state index in [4.69, 9.17) is 14.2 Å². The van der Waals surface area contributed by atoms with Crippen LogP contribution in [0.4, 0.5) is 0 Å². The number of rotatable bonds is 6. The first kappa shape index (κ1) is 37.7. The van der Waals surface area contributed by atoms with Crippen LogP contribution in [0.5, 0.6) is 17.2 Å². The summed E-state index contributed by atoms with van der Waals surface area (Å²) < 4.78 is 19.4. The molecular weight excluding hydrogens is 954 g/mol. The van der Waals surface area contributed by atoms with Crippen molar-refractivity contribution in [3.63, 3.8) is 0 Å². The van der Waals surface area contributed by atoms with Gasteiger partial charge in [0.15, 0.2) is 0 Å². The molecule has 0 N–H and O–H groups in total. The Bertz CT molecular complexity index is 3110. The summed E-state index contributed by atoms with van der Waals surface area (Å²) in [5.74, 6) is -1.79. The summed E-state index contributed by atoms with van der Waals surface area (Å²) >= 11 is 10.9. The van der Waals surface area contributed by atoms with E-state index in [-0.39, 0.29) is 33.9 Å². The van der Waals surface area contributed by atoms with Gasteiger partial charge in [0.05, 0.1) is 46.7 Å². The molecule has 9 nitrogen and oxygen atoms in total. The van der Waals surface area contributed by atoms with Gasteiger partial charge in [0.25, 0.3) is 0 Å². The van der Waals surface area contributed by atoms with Crippen LogP contribution in [0.3, 0.4) is 0 Å². The average Bonchev–Trinajstić information content (AvgIpc) is 3.28. The molecule has 0 bridgehead atoms.